The number of pyridine rings is 2. The number of rotatable bonds is 9. The molecule has 2 aromatic heterocycles. The molecule has 2 N–H and O–H groups in total. The van der Waals surface area contributed by atoms with Crippen molar-refractivity contribution >= 4 is 34.4 Å². The third-order valence-electron chi connectivity index (χ3n) is 8.03. The number of nitrogens with zero attached hydrogens (tertiary/aromatic N) is 3. The van der Waals surface area contributed by atoms with Gasteiger partial charge in [0.15, 0.2) is 6.04 Å². The van der Waals surface area contributed by atoms with E-state index in [0.717, 1.165) is 17.7 Å². The molecule has 0 aliphatic rings. The number of hydrogen-bond donors (Lipinski definition) is 2. The van der Waals surface area contributed by atoms with E-state index in [1.807, 2.05) is 30.3 Å². The largest absolute Gasteiger partial charge is 0.416 e. The molecule has 0 fully saturated rings. The van der Waals surface area contributed by atoms with E-state index in [0.29, 0.717) is 39.8 Å². The third kappa shape index (κ3) is 7.68. The Kier molecular flexibility index (Phi) is 9.66. The number of carbonyl (C=O) groups is 3. The van der Waals surface area contributed by atoms with Gasteiger partial charge >= 0.3 is 6.18 Å². The predicted octanol–water partition coefficient (Wildman–Crippen LogP) is 7.70. The predicted molar refractivity (Wildman–Crippen MR) is 184 cm³/mol. The highest BCUT2D eigenvalue weighted by atomic mass is 19.4. The Bertz CT molecular complexity index is 2160. The van der Waals surface area contributed by atoms with Crippen molar-refractivity contribution in [2.75, 3.05) is 12.4 Å². The Labute approximate surface area is 285 Å². The average molecular weight is 674 g/mol. The molecule has 250 valence electrons. The molecular formula is C39H30F3N5O3. The van der Waals surface area contributed by atoms with E-state index in [-0.39, 0.29) is 17.3 Å². The van der Waals surface area contributed by atoms with Crippen molar-refractivity contribution in [3.8, 4) is 11.1 Å². The van der Waals surface area contributed by atoms with Gasteiger partial charge in [0.05, 0.1) is 16.8 Å². The summed E-state index contributed by atoms with van der Waals surface area (Å²) in [6.07, 6.45) is -2.91. The van der Waals surface area contributed by atoms with Gasteiger partial charge in [-0.3, -0.25) is 19.4 Å². The molecule has 8 nitrogen and oxygen atoms in total. The molecule has 0 unspecified atom stereocenters. The highest BCUT2D eigenvalue weighted by Gasteiger charge is 2.30. The summed E-state index contributed by atoms with van der Waals surface area (Å²) in [5.41, 5.74) is 2.52. The molecule has 6 rings (SSSR count). The molecule has 50 heavy (non-hydrogen) atoms. The minimum absolute atomic E-state index is 0.240. The van der Waals surface area contributed by atoms with Crippen LogP contribution in [0, 0.1) is 0 Å². The maximum Gasteiger partial charge on any atom is 0.416 e. The van der Waals surface area contributed by atoms with Crippen LogP contribution < -0.4 is 10.6 Å². The number of alkyl halides is 3. The van der Waals surface area contributed by atoms with E-state index in [4.69, 9.17) is 0 Å². The lowest BCUT2D eigenvalue weighted by Gasteiger charge is -2.24. The Morgan fingerprint density at radius 3 is 2.22 bits per heavy atom. The number of amides is 3. The number of hydrogen-bond acceptors (Lipinski definition) is 5. The number of nitrogens with one attached hydrogen (secondary N) is 2. The topological polar surface area (TPSA) is 104 Å². The van der Waals surface area contributed by atoms with Crippen LogP contribution in [0.2, 0.25) is 0 Å². The van der Waals surface area contributed by atoms with Crippen molar-refractivity contribution in [2.45, 2.75) is 18.8 Å². The lowest BCUT2D eigenvalue weighted by atomic mass is 9.98. The molecule has 2 heterocycles. The van der Waals surface area contributed by atoms with Crippen LogP contribution in [0.4, 0.5) is 19.0 Å². The van der Waals surface area contributed by atoms with Gasteiger partial charge in [-0.1, -0.05) is 66.7 Å². The molecule has 0 saturated heterocycles. The highest BCUT2D eigenvalue weighted by Crippen LogP contribution is 2.32. The number of fused-ring (bicyclic) bond motifs is 1. The number of likely N-dealkylation sites (N-methyl/N-ethyl adjacent to an activating group) is 1. The molecule has 1 atom stereocenters. The van der Waals surface area contributed by atoms with E-state index in [9.17, 15) is 27.6 Å². The summed E-state index contributed by atoms with van der Waals surface area (Å²) in [5, 5.41) is 6.21. The smallest absolute Gasteiger partial charge is 0.339 e. The van der Waals surface area contributed by atoms with Gasteiger partial charge in [0.1, 0.15) is 5.82 Å². The van der Waals surface area contributed by atoms with E-state index in [1.54, 1.807) is 86.0 Å². The van der Waals surface area contributed by atoms with Crippen molar-refractivity contribution in [1.29, 1.82) is 0 Å². The van der Waals surface area contributed by atoms with Gasteiger partial charge in [-0.2, -0.15) is 13.2 Å². The SMILES string of the molecule is CN(Cc1ccccc1)C(=O)[C@@H](NC(=O)c1ccc2nc(NC(=O)c3ccccc3-c3ccc(C(F)(F)F)cc3)ccc2c1)c1ccccn1. The molecule has 0 saturated carbocycles. The van der Waals surface area contributed by atoms with Crippen LogP contribution in [0.5, 0.6) is 0 Å². The Hall–Kier alpha value is -6.36. The summed E-state index contributed by atoms with van der Waals surface area (Å²) in [4.78, 5) is 50.8. The van der Waals surface area contributed by atoms with Gasteiger partial charge in [0.2, 0.25) is 0 Å². The minimum atomic E-state index is -4.47. The average Bonchev–Trinajstić information content (AvgIpc) is 3.13. The summed E-state index contributed by atoms with van der Waals surface area (Å²) in [7, 11) is 1.67. The first-order chi connectivity index (χ1) is 24.1. The Morgan fingerprint density at radius 1 is 0.780 bits per heavy atom. The number of aromatic nitrogens is 2. The molecule has 0 aliphatic carbocycles. The van der Waals surface area contributed by atoms with E-state index < -0.39 is 29.6 Å². The van der Waals surface area contributed by atoms with E-state index >= 15 is 0 Å². The van der Waals surface area contributed by atoms with Crippen LogP contribution in [-0.2, 0) is 17.5 Å². The van der Waals surface area contributed by atoms with Crippen LogP contribution in [0.25, 0.3) is 22.0 Å². The normalized spacial score (nSPS) is 11.8. The van der Waals surface area contributed by atoms with E-state index in [2.05, 4.69) is 20.6 Å². The number of carbonyl (C=O) groups excluding carboxylic acids is 3. The zero-order valence-corrected chi connectivity index (χ0v) is 26.7. The monoisotopic (exact) mass is 673 g/mol. The van der Waals surface area contributed by atoms with E-state index in [1.165, 1.54) is 17.0 Å². The quantitative estimate of drug-likeness (QED) is 0.164. The first-order valence-electron chi connectivity index (χ1n) is 15.6. The summed E-state index contributed by atoms with van der Waals surface area (Å²) in [6.45, 7) is 0.347. The summed E-state index contributed by atoms with van der Waals surface area (Å²) < 4.78 is 39.2. The number of benzene rings is 4. The van der Waals surface area contributed by atoms with Crippen LogP contribution in [0.1, 0.15) is 43.6 Å². The van der Waals surface area contributed by atoms with Gasteiger partial charge in [0.25, 0.3) is 17.7 Å². The molecule has 0 spiro atoms. The number of halogens is 3. The molecule has 3 amide bonds. The van der Waals surface area contributed by atoms with Crippen molar-refractivity contribution in [2.24, 2.45) is 0 Å². The van der Waals surface area contributed by atoms with Crippen molar-refractivity contribution in [3.63, 3.8) is 0 Å². The van der Waals surface area contributed by atoms with Gasteiger partial charge in [0, 0.05) is 36.3 Å². The van der Waals surface area contributed by atoms with Crippen LogP contribution >= 0.6 is 0 Å². The fourth-order valence-electron chi connectivity index (χ4n) is 5.47. The maximum atomic E-state index is 13.6. The van der Waals surface area contributed by atoms with Crippen LogP contribution in [0.15, 0.2) is 134 Å². The first kappa shape index (κ1) is 33.5. The van der Waals surface area contributed by atoms with Gasteiger partial charge in [-0.15, -0.1) is 0 Å². The Morgan fingerprint density at radius 2 is 1.50 bits per heavy atom. The standard InChI is InChI=1S/C39H30F3N5O3/c1-47(24-25-9-3-2-4-10-25)38(50)35(33-13-7-8-22-43-33)46-36(48)28-16-20-32-27(23-28)17-21-34(44-32)45-37(49)31-12-6-5-11-30(31)26-14-18-29(19-15-26)39(40,41)42/h2-23,35H,24H2,1H3,(H,46,48)(H,44,45,49)/t35-/m0/s1. The molecule has 0 bridgehead atoms. The Balaban J connectivity index is 1.18. The second-order valence-corrected chi connectivity index (χ2v) is 11.5. The van der Waals surface area contributed by atoms with Gasteiger partial charge in [-0.25, -0.2) is 4.98 Å². The highest BCUT2D eigenvalue weighted by molar-refractivity contribution is 6.09. The lowest BCUT2D eigenvalue weighted by molar-refractivity contribution is -0.137. The minimum Gasteiger partial charge on any atom is -0.339 e. The van der Waals surface area contributed by atoms with Crippen LogP contribution in [-0.4, -0.2) is 39.6 Å². The lowest BCUT2D eigenvalue weighted by Crippen LogP contribution is -2.41. The molecule has 0 aliphatic heterocycles. The molecule has 0 radical (unpaired) electrons. The molecular weight excluding hydrogens is 643 g/mol. The zero-order chi connectivity index (χ0) is 35.3. The third-order valence-corrected chi connectivity index (χ3v) is 8.03. The second kappa shape index (κ2) is 14.4. The molecule has 6 aromatic rings. The van der Waals surface area contributed by atoms with Crippen molar-refractivity contribution < 1.29 is 27.6 Å². The van der Waals surface area contributed by atoms with Gasteiger partial charge in [-0.05, 0) is 77.4 Å². The summed E-state index contributed by atoms with van der Waals surface area (Å²) in [6, 6.07) is 33.0. The zero-order valence-electron chi connectivity index (χ0n) is 26.7. The first-order valence-corrected chi connectivity index (χ1v) is 15.6. The summed E-state index contributed by atoms with van der Waals surface area (Å²) >= 11 is 0. The summed E-state index contributed by atoms with van der Waals surface area (Å²) in [5.74, 6) is -1.07. The van der Waals surface area contributed by atoms with Gasteiger partial charge < -0.3 is 15.5 Å². The van der Waals surface area contributed by atoms with Crippen LogP contribution in [0.3, 0.4) is 0 Å². The fourth-order valence-corrected chi connectivity index (χ4v) is 5.47. The van der Waals surface area contributed by atoms with Crippen molar-refractivity contribution in [1.82, 2.24) is 20.2 Å². The fraction of sp³-hybridized carbons (Fsp3) is 0.103. The molecule has 11 heteroatoms. The number of anilines is 1. The second-order valence-electron chi connectivity index (χ2n) is 11.5. The van der Waals surface area contributed by atoms with Crippen molar-refractivity contribution in [3.05, 3.63) is 162 Å². The molecule has 4 aromatic carbocycles. The maximum absolute atomic E-state index is 13.6.